The number of rotatable bonds is 5. The third-order valence-corrected chi connectivity index (χ3v) is 3.86. The van der Waals surface area contributed by atoms with Crippen molar-refractivity contribution in [3.05, 3.63) is 24.0 Å². The summed E-state index contributed by atoms with van der Waals surface area (Å²) in [6, 6.07) is 5.34. The summed E-state index contributed by atoms with van der Waals surface area (Å²) in [6.07, 6.45) is 0.890. The molecule has 1 heterocycles. The Balaban J connectivity index is 2.28. The number of urea groups is 1. The van der Waals surface area contributed by atoms with Gasteiger partial charge >= 0.3 is 6.03 Å². The van der Waals surface area contributed by atoms with Gasteiger partial charge in [0.25, 0.3) is 0 Å². The van der Waals surface area contributed by atoms with E-state index in [9.17, 15) is 4.79 Å². The Morgan fingerprint density at radius 1 is 1.48 bits per heavy atom. The zero-order chi connectivity index (χ0) is 17.0. The van der Waals surface area contributed by atoms with Gasteiger partial charge in [0.05, 0.1) is 7.11 Å². The van der Waals surface area contributed by atoms with Gasteiger partial charge in [-0.2, -0.15) is 4.68 Å². The van der Waals surface area contributed by atoms with E-state index in [-0.39, 0.29) is 12.1 Å². The van der Waals surface area contributed by atoms with Crippen molar-refractivity contribution < 1.29 is 9.53 Å². The number of carbonyl (C=O) groups is 1. The summed E-state index contributed by atoms with van der Waals surface area (Å²) >= 11 is 0. The molecule has 0 fully saturated rings. The number of nitrogens with zero attached hydrogens (tertiary/aromatic N) is 5. The van der Waals surface area contributed by atoms with E-state index in [1.807, 2.05) is 13.8 Å². The molecule has 8 heteroatoms. The van der Waals surface area contributed by atoms with Crippen LogP contribution in [-0.4, -0.2) is 51.3 Å². The Labute approximate surface area is 135 Å². The average molecular weight is 318 g/mol. The minimum absolute atomic E-state index is 0.162. The molecule has 2 amide bonds. The van der Waals surface area contributed by atoms with Crippen molar-refractivity contribution in [3.8, 4) is 11.4 Å². The van der Waals surface area contributed by atoms with Gasteiger partial charge in [-0.15, -0.1) is 5.10 Å². The summed E-state index contributed by atoms with van der Waals surface area (Å²) in [6.45, 7) is 5.84. The number of amides is 2. The fourth-order valence-corrected chi connectivity index (χ4v) is 2.07. The molecule has 1 unspecified atom stereocenters. The zero-order valence-electron chi connectivity index (χ0n) is 14.1. The number of aromatic nitrogens is 4. The second kappa shape index (κ2) is 7.08. The van der Waals surface area contributed by atoms with Crippen molar-refractivity contribution in [2.24, 2.45) is 0 Å². The number of ether oxygens (including phenoxy) is 1. The number of aryl methyl sites for hydroxylation is 1. The lowest BCUT2D eigenvalue weighted by Crippen LogP contribution is -2.37. The summed E-state index contributed by atoms with van der Waals surface area (Å²) in [7, 11) is 3.35. The molecule has 1 aromatic heterocycles. The Morgan fingerprint density at radius 3 is 2.78 bits per heavy atom. The Kier molecular flexibility index (Phi) is 5.15. The molecule has 1 aromatic carbocycles. The van der Waals surface area contributed by atoms with Crippen molar-refractivity contribution in [2.75, 3.05) is 19.5 Å². The lowest BCUT2D eigenvalue weighted by atomic mass is 10.2. The van der Waals surface area contributed by atoms with Crippen LogP contribution in [0.25, 0.3) is 5.69 Å². The molecule has 2 rings (SSSR count). The maximum atomic E-state index is 12.3. The molecule has 1 N–H and O–H groups in total. The number of tetrazole rings is 1. The minimum atomic E-state index is -0.163. The van der Waals surface area contributed by atoms with Crippen molar-refractivity contribution in [3.63, 3.8) is 0 Å². The lowest BCUT2D eigenvalue weighted by molar-refractivity contribution is 0.206. The number of hydrogen-bond donors (Lipinski definition) is 1. The van der Waals surface area contributed by atoms with Gasteiger partial charge in [0.1, 0.15) is 11.4 Å². The first kappa shape index (κ1) is 16.7. The quantitative estimate of drug-likeness (QED) is 0.914. The summed E-state index contributed by atoms with van der Waals surface area (Å²) in [4.78, 5) is 13.9. The normalized spacial score (nSPS) is 11.9. The van der Waals surface area contributed by atoms with Crippen LogP contribution in [0, 0.1) is 6.92 Å². The summed E-state index contributed by atoms with van der Waals surface area (Å²) in [5, 5.41) is 14.3. The van der Waals surface area contributed by atoms with Gasteiger partial charge in [-0.1, -0.05) is 6.92 Å². The highest BCUT2D eigenvalue weighted by atomic mass is 16.5. The van der Waals surface area contributed by atoms with E-state index >= 15 is 0 Å². The highest BCUT2D eigenvalue weighted by Gasteiger charge is 2.16. The number of nitrogens with one attached hydrogen (secondary N) is 1. The predicted octanol–water partition coefficient (Wildman–Crippen LogP) is 2.24. The van der Waals surface area contributed by atoms with Crippen LogP contribution >= 0.6 is 0 Å². The van der Waals surface area contributed by atoms with Crippen LogP contribution in [0.3, 0.4) is 0 Å². The van der Waals surface area contributed by atoms with E-state index in [1.165, 1.54) is 0 Å². The molecule has 1 atom stereocenters. The molecule has 0 saturated carbocycles. The molecule has 0 aliphatic rings. The molecular formula is C15H22N6O2. The number of benzene rings is 1. The third kappa shape index (κ3) is 3.58. The zero-order valence-corrected chi connectivity index (χ0v) is 14.1. The molecule has 23 heavy (non-hydrogen) atoms. The predicted molar refractivity (Wildman–Crippen MR) is 87.0 cm³/mol. The van der Waals surface area contributed by atoms with Gasteiger partial charge in [-0.25, -0.2) is 4.79 Å². The van der Waals surface area contributed by atoms with Crippen LogP contribution in [0.2, 0.25) is 0 Å². The van der Waals surface area contributed by atoms with Gasteiger partial charge < -0.3 is 15.0 Å². The second-order valence-corrected chi connectivity index (χ2v) is 5.32. The molecule has 0 saturated heterocycles. The first-order chi connectivity index (χ1) is 11.0. The molecule has 0 bridgehead atoms. The first-order valence-corrected chi connectivity index (χ1v) is 7.45. The van der Waals surface area contributed by atoms with Crippen LogP contribution in [0.4, 0.5) is 10.5 Å². The molecule has 0 radical (unpaired) electrons. The molecule has 0 aliphatic heterocycles. The Hall–Kier alpha value is -2.64. The Morgan fingerprint density at radius 2 is 2.22 bits per heavy atom. The van der Waals surface area contributed by atoms with Crippen LogP contribution in [-0.2, 0) is 0 Å². The van der Waals surface area contributed by atoms with Gasteiger partial charge in [-0.3, -0.25) is 0 Å². The number of carbonyl (C=O) groups excluding carboxylic acids is 1. The highest BCUT2D eigenvalue weighted by Crippen LogP contribution is 2.26. The fraction of sp³-hybridized carbons (Fsp3) is 0.467. The summed E-state index contributed by atoms with van der Waals surface area (Å²) in [5.41, 5.74) is 1.31. The van der Waals surface area contributed by atoms with Gasteiger partial charge in [-0.05, 0) is 48.9 Å². The molecule has 0 spiro atoms. The van der Waals surface area contributed by atoms with Gasteiger partial charge in [0, 0.05) is 18.8 Å². The van der Waals surface area contributed by atoms with E-state index in [1.54, 1.807) is 48.9 Å². The summed E-state index contributed by atoms with van der Waals surface area (Å²) in [5.74, 6) is 1.25. The van der Waals surface area contributed by atoms with E-state index in [0.29, 0.717) is 22.9 Å². The van der Waals surface area contributed by atoms with Crippen LogP contribution in [0.5, 0.6) is 5.75 Å². The molecule has 2 aromatic rings. The SMILES string of the molecule is CCC(C)N(C)C(=O)Nc1ccc(OC)c(-n2nnnc2C)c1. The number of hydrogen-bond acceptors (Lipinski definition) is 5. The van der Waals surface area contributed by atoms with E-state index in [2.05, 4.69) is 20.8 Å². The standard InChI is InChI=1S/C15H22N6O2/c1-6-10(2)20(4)15(22)16-12-7-8-14(23-5)13(9-12)21-11(3)17-18-19-21/h7-10H,6H2,1-5H3,(H,16,22). The van der Waals surface area contributed by atoms with E-state index < -0.39 is 0 Å². The van der Waals surface area contributed by atoms with Crippen molar-refractivity contribution >= 4 is 11.7 Å². The van der Waals surface area contributed by atoms with Crippen LogP contribution in [0.1, 0.15) is 26.1 Å². The van der Waals surface area contributed by atoms with Gasteiger partial charge in [0.15, 0.2) is 5.82 Å². The topological polar surface area (TPSA) is 85.2 Å². The third-order valence-electron chi connectivity index (χ3n) is 3.86. The van der Waals surface area contributed by atoms with E-state index in [4.69, 9.17) is 4.74 Å². The maximum absolute atomic E-state index is 12.3. The van der Waals surface area contributed by atoms with Crippen LogP contribution in [0.15, 0.2) is 18.2 Å². The van der Waals surface area contributed by atoms with Crippen molar-refractivity contribution in [1.29, 1.82) is 0 Å². The molecule has 0 aliphatic carbocycles. The smallest absolute Gasteiger partial charge is 0.321 e. The molecule has 8 nitrogen and oxygen atoms in total. The minimum Gasteiger partial charge on any atom is -0.494 e. The Bertz CT molecular complexity index is 684. The average Bonchev–Trinajstić information content (AvgIpc) is 2.99. The van der Waals surface area contributed by atoms with Crippen LogP contribution < -0.4 is 10.1 Å². The molecule has 124 valence electrons. The largest absolute Gasteiger partial charge is 0.494 e. The van der Waals surface area contributed by atoms with Gasteiger partial charge in [0.2, 0.25) is 0 Å². The van der Waals surface area contributed by atoms with E-state index in [0.717, 1.165) is 6.42 Å². The number of anilines is 1. The number of methoxy groups -OCH3 is 1. The maximum Gasteiger partial charge on any atom is 0.321 e. The highest BCUT2D eigenvalue weighted by molar-refractivity contribution is 5.89. The lowest BCUT2D eigenvalue weighted by Gasteiger charge is -2.24. The monoisotopic (exact) mass is 318 g/mol. The summed E-state index contributed by atoms with van der Waals surface area (Å²) < 4.78 is 6.91. The fourth-order valence-electron chi connectivity index (χ4n) is 2.07. The van der Waals surface area contributed by atoms with Crippen molar-refractivity contribution in [2.45, 2.75) is 33.2 Å². The van der Waals surface area contributed by atoms with Crippen molar-refractivity contribution in [1.82, 2.24) is 25.1 Å². The molecular weight excluding hydrogens is 296 g/mol. The first-order valence-electron chi connectivity index (χ1n) is 7.45. The second-order valence-electron chi connectivity index (χ2n) is 5.32.